The van der Waals surface area contributed by atoms with Crippen LogP contribution in [0.1, 0.15) is 0 Å². The van der Waals surface area contributed by atoms with Gasteiger partial charge in [0.1, 0.15) is 0 Å². The summed E-state index contributed by atoms with van der Waals surface area (Å²) < 4.78 is 0. The zero-order valence-corrected chi connectivity index (χ0v) is 4.07. The van der Waals surface area contributed by atoms with Crippen molar-refractivity contribution >= 4 is 0 Å². The third kappa shape index (κ3) is 0.400. The maximum Gasteiger partial charge on any atom is 0.0753 e. The van der Waals surface area contributed by atoms with Gasteiger partial charge in [-0.15, -0.1) is 0 Å². The summed E-state index contributed by atoms with van der Waals surface area (Å²) in [7, 11) is 0. The van der Waals surface area contributed by atoms with E-state index in [1.54, 1.807) is 0 Å². The van der Waals surface area contributed by atoms with Crippen LogP contribution in [0.2, 0.25) is 0 Å². The monoisotopic (exact) mass is 99.1 g/mol. The summed E-state index contributed by atoms with van der Waals surface area (Å²) >= 11 is 0. The summed E-state index contributed by atoms with van der Waals surface area (Å²) in [5, 5.41) is 9.75. The molecule has 0 bridgehead atoms. The lowest BCUT2D eigenvalue weighted by molar-refractivity contribution is 0.308. The van der Waals surface area contributed by atoms with Crippen LogP contribution in [0.5, 0.6) is 0 Å². The molecule has 2 aliphatic rings. The molecule has 2 unspecified atom stereocenters. The van der Waals surface area contributed by atoms with Crippen molar-refractivity contribution in [3.8, 4) is 0 Å². The van der Waals surface area contributed by atoms with Crippen LogP contribution in [0.4, 0.5) is 0 Å². The van der Waals surface area contributed by atoms with Gasteiger partial charge in [-0.05, 0) is 0 Å². The van der Waals surface area contributed by atoms with Crippen molar-refractivity contribution in [2.45, 2.75) is 12.2 Å². The molecule has 0 aliphatic carbocycles. The second-order valence-corrected chi connectivity index (χ2v) is 2.08. The highest BCUT2D eigenvalue weighted by Gasteiger charge is 2.33. The van der Waals surface area contributed by atoms with E-state index in [1.807, 2.05) is 0 Å². The van der Waals surface area contributed by atoms with Crippen molar-refractivity contribution in [2.24, 2.45) is 0 Å². The lowest BCUT2D eigenvalue weighted by atomic mass is 10.1. The zero-order valence-electron chi connectivity index (χ0n) is 4.07. The van der Waals surface area contributed by atoms with Crippen LogP contribution in [0.15, 0.2) is 0 Å². The Kier molecular flexibility index (Phi) is 0.647. The Labute approximate surface area is 42.5 Å². The lowest BCUT2D eigenvalue weighted by Gasteiger charge is -2.30. The molecule has 2 fully saturated rings. The molecule has 0 aromatic rings. The minimum absolute atomic E-state index is 0.583. The fourth-order valence-corrected chi connectivity index (χ4v) is 1.06. The molecule has 7 heavy (non-hydrogen) atoms. The quantitative estimate of drug-likeness (QED) is 0.343. The van der Waals surface area contributed by atoms with E-state index in [4.69, 9.17) is 0 Å². The Hall–Kier alpha value is -0.120. The Bertz CT molecular complexity index is 73.0. The smallest absolute Gasteiger partial charge is 0.0753 e. The van der Waals surface area contributed by atoms with Gasteiger partial charge in [-0.1, -0.05) is 0 Å². The van der Waals surface area contributed by atoms with Gasteiger partial charge < -0.3 is 0 Å². The standard InChI is InChI=1S/C4H9N3/c1-3-4(5-1)7-2-6-3/h3-7H,1-2H2. The Balaban J connectivity index is 2.03. The van der Waals surface area contributed by atoms with Crippen molar-refractivity contribution in [3.05, 3.63) is 0 Å². The first-order valence-electron chi connectivity index (χ1n) is 2.67. The van der Waals surface area contributed by atoms with Crippen LogP contribution in [-0.4, -0.2) is 25.4 Å². The first-order valence-corrected chi connectivity index (χ1v) is 2.67. The van der Waals surface area contributed by atoms with Gasteiger partial charge in [0, 0.05) is 19.3 Å². The van der Waals surface area contributed by atoms with Crippen molar-refractivity contribution in [3.63, 3.8) is 0 Å². The maximum atomic E-state index is 3.28. The molecule has 3 nitrogen and oxygen atoms in total. The molecular formula is C4H9N3. The van der Waals surface area contributed by atoms with Gasteiger partial charge in [0.2, 0.25) is 0 Å². The molecule has 2 heterocycles. The Morgan fingerprint density at radius 3 is 2.43 bits per heavy atom. The molecule has 0 spiro atoms. The number of hydrogen-bond donors (Lipinski definition) is 3. The predicted octanol–water partition coefficient (Wildman–Crippen LogP) is -1.57. The van der Waals surface area contributed by atoms with Crippen molar-refractivity contribution in [1.82, 2.24) is 16.0 Å². The van der Waals surface area contributed by atoms with E-state index < -0.39 is 0 Å². The third-order valence-electron chi connectivity index (χ3n) is 1.65. The first kappa shape index (κ1) is 3.83. The van der Waals surface area contributed by atoms with Gasteiger partial charge in [0.25, 0.3) is 0 Å². The number of nitrogens with one attached hydrogen (secondary N) is 3. The number of hydrogen-bond acceptors (Lipinski definition) is 3. The van der Waals surface area contributed by atoms with Crippen LogP contribution < -0.4 is 16.0 Å². The molecule has 2 aliphatic heterocycles. The van der Waals surface area contributed by atoms with Gasteiger partial charge in [-0.25, -0.2) is 0 Å². The van der Waals surface area contributed by atoms with Gasteiger partial charge >= 0.3 is 0 Å². The number of rotatable bonds is 0. The average molecular weight is 99.1 g/mol. The van der Waals surface area contributed by atoms with Gasteiger partial charge in [-0.2, -0.15) is 0 Å². The lowest BCUT2D eigenvalue weighted by Crippen LogP contribution is -2.61. The van der Waals surface area contributed by atoms with E-state index in [1.165, 1.54) is 0 Å². The minimum Gasteiger partial charge on any atom is -0.299 e. The highest BCUT2D eigenvalue weighted by Crippen LogP contribution is 2.03. The van der Waals surface area contributed by atoms with Crippen molar-refractivity contribution in [2.75, 3.05) is 13.2 Å². The fraction of sp³-hybridized carbons (Fsp3) is 1.00. The van der Waals surface area contributed by atoms with Gasteiger partial charge in [0.15, 0.2) is 0 Å². The largest absolute Gasteiger partial charge is 0.299 e. The molecule has 2 rings (SSSR count). The number of fused-ring (bicyclic) bond motifs is 1. The summed E-state index contributed by atoms with van der Waals surface area (Å²) in [5.74, 6) is 0. The third-order valence-corrected chi connectivity index (χ3v) is 1.65. The Morgan fingerprint density at radius 1 is 1.14 bits per heavy atom. The van der Waals surface area contributed by atoms with Gasteiger partial charge in [-0.3, -0.25) is 16.0 Å². The topological polar surface area (TPSA) is 36.1 Å². The molecule has 0 amide bonds. The van der Waals surface area contributed by atoms with Crippen LogP contribution in [0.25, 0.3) is 0 Å². The second kappa shape index (κ2) is 1.18. The SMILES string of the molecule is C1NC2CNC2N1. The highest BCUT2D eigenvalue weighted by molar-refractivity contribution is 4.95. The minimum atomic E-state index is 0.583. The molecule has 2 atom stereocenters. The first-order chi connectivity index (χ1) is 3.47. The van der Waals surface area contributed by atoms with Crippen LogP contribution >= 0.6 is 0 Å². The van der Waals surface area contributed by atoms with Gasteiger partial charge in [0.05, 0.1) is 6.17 Å². The van der Waals surface area contributed by atoms with E-state index in [0.29, 0.717) is 6.17 Å². The van der Waals surface area contributed by atoms with Crippen LogP contribution in [0.3, 0.4) is 0 Å². The average Bonchev–Trinajstić information content (AvgIpc) is 1.85. The molecule has 3 heteroatoms. The summed E-state index contributed by atoms with van der Waals surface area (Å²) in [6.45, 7) is 2.11. The Morgan fingerprint density at radius 2 is 2.14 bits per heavy atom. The van der Waals surface area contributed by atoms with E-state index in [0.717, 1.165) is 19.3 Å². The van der Waals surface area contributed by atoms with E-state index in [-0.39, 0.29) is 0 Å². The summed E-state index contributed by atoms with van der Waals surface area (Å²) in [6, 6.07) is 0.722. The molecule has 0 saturated carbocycles. The van der Waals surface area contributed by atoms with Crippen LogP contribution in [-0.2, 0) is 0 Å². The second-order valence-electron chi connectivity index (χ2n) is 2.08. The molecule has 0 aromatic heterocycles. The van der Waals surface area contributed by atoms with Crippen LogP contribution in [0, 0.1) is 0 Å². The predicted molar refractivity (Wildman–Crippen MR) is 26.7 cm³/mol. The normalized spacial score (nSPS) is 48.0. The molecular weight excluding hydrogens is 90.1 g/mol. The molecule has 0 aromatic carbocycles. The fourth-order valence-electron chi connectivity index (χ4n) is 1.06. The van der Waals surface area contributed by atoms with Crippen molar-refractivity contribution < 1.29 is 0 Å². The highest BCUT2D eigenvalue weighted by atomic mass is 15.4. The molecule has 0 radical (unpaired) electrons. The molecule has 40 valence electrons. The van der Waals surface area contributed by atoms with E-state index in [9.17, 15) is 0 Å². The maximum absolute atomic E-state index is 3.28. The molecule has 3 N–H and O–H groups in total. The van der Waals surface area contributed by atoms with E-state index >= 15 is 0 Å². The summed E-state index contributed by atoms with van der Waals surface area (Å²) in [4.78, 5) is 0. The summed E-state index contributed by atoms with van der Waals surface area (Å²) in [6.07, 6.45) is 0.583. The van der Waals surface area contributed by atoms with Crippen molar-refractivity contribution in [1.29, 1.82) is 0 Å². The summed E-state index contributed by atoms with van der Waals surface area (Å²) in [5.41, 5.74) is 0. The molecule has 2 saturated heterocycles. The van der Waals surface area contributed by atoms with E-state index in [2.05, 4.69) is 16.0 Å². The zero-order chi connectivity index (χ0) is 4.69.